The van der Waals surface area contributed by atoms with Gasteiger partial charge >= 0.3 is 0 Å². The molecule has 0 radical (unpaired) electrons. The quantitative estimate of drug-likeness (QED) is 0.791. The van der Waals surface area contributed by atoms with Crippen LogP contribution in [0.25, 0.3) is 0 Å². The van der Waals surface area contributed by atoms with E-state index in [0.29, 0.717) is 0 Å². The summed E-state index contributed by atoms with van der Waals surface area (Å²) in [7, 11) is -3.24. The molecule has 0 amide bonds. The van der Waals surface area contributed by atoms with Gasteiger partial charge in [-0.3, -0.25) is 0 Å². The van der Waals surface area contributed by atoms with Crippen LogP contribution in [-0.4, -0.2) is 35.5 Å². The van der Waals surface area contributed by atoms with Gasteiger partial charge in [0.25, 0.3) is 0 Å². The van der Waals surface area contributed by atoms with E-state index in [1.807, 2.05) is 0 Å². The maximum Gasteiger partial charge on any atom is 0.217 e. The first kappa shape index (κ1) is 15.2. The van der Waals surface area contributed by atoms with Crippen LogP contribution < -0.4 is 5.73 Å². The summed E-state index contributed by atoms with van der Waals surface area (Å²) >= 11 is 4.95. The Morgan fingerprint density at radius 3 is 2.11 bits per heavy atom. The second-order valence-corrected chi connectivity index (χ2v) is 8.44. The summed E-state index contributed by atoms with van der Waals surface area (Å²) in [6, 6.07) is 0.119. The summed E-state index contributed by atoms with van der Waals surface area (Å²) in [4.78, 5) is 0.284. The molecule has 0 aromatic rings. The number of sulfonamides is 1. The van der Waals surface area contributed by atoms with Crippen LogP contribution >= 0.6 is 12.2 Å². The van der Waals surface area contributed by atoms with Crippen molar-refractivity contribution in [3.05, 3.63) is 0 Å². The zero-order valence-electron chi connectivity index (χ0n) is 11.4. The van der Waals surface area contributed by atoms with Crippen LogP contribution in [-0.2, 0) is 10.0 Å². The number of hydrogen-bond acceptors (Lipinski definition) is 3. The fourth-order valence-corrected chi connectivity index (χ4v) is 5.81. The summed E-state index contributed by atoms with van der Waals surface area (Å²) in [5.41, 5.74) is 5.61. The smallest absolute Gasteiger partial charge is 0.217 e. The van der Waals surface area contributed by atoms with E-state index in [-0.39, 0.29) is 22.8 Å². The monoisotopic (exact) mass is 304 g/mol. The molecule has 2 fully saturated rings. The topological polar surface area (TPSA) is 63.4 Å². The third-order valence-corrected chi connectivity index (χ3v) is 6.87. The number of nitrogens with two attached hydrogens (primary N) is 1. The molecule has 2 saturated carbocycles. The lowest BCUT2D eigenvalue weighted by atomic mass is 10.0. The fraction of sp³-hybridized carbons (Fsp3) is 0.923. The molecule has 0 atom stereocenters. The van der Waals surface area contributed by atoms with Crippen LogP contribution in [0.2, 0.25) is 0 Å². The zero-order chi connectivity index (χ0) is 13.9. The lowest BCUT2D eigenvalue weighted by molar-refractivity contribution is 0.341. The van der Waals surface area contributed by atoms with Crippen LogP contribution in [0, 0.1) is 0 Å². The first-order valence-electron chi connectivity index (χ1n) is 7.31. The van der Waals surface area contributed by atoms with Crippen LogP contribution in [0.5, 0.6) is 0 Å². The zero-order valence-corrected chi connectivity index (χ0v) is 13.0. The van der Waals surface area contributed by atoms with Gasteiger partial charge in [-0.25, -0.2) is 8.42 Å². The van der Waals surface area contributed by atoms with Gasteiger partial charge in [-0.1, -0.05) is 44.3 Å². The maximum atomic E-state index is 12.8. The standard InChI is InChI=1S/C13H24N2O2S2/c14-13(18)10-15(11-6-4-5-7-11)19(16,17)12-8-2-1-3-9-12/h11-12H,1-10H2,(H2,14,18). The Balaban J connectivity index is 2.17. The second-order valence-electron chi connectivity index (χ2n) is 5.75. The summed E-state index contributed by atoms with van der Waals surface area (Å²) < 4.78 is 27.3. The first-order valence-corrected chi connectivity index (χ1v) is 9.22. The molecule has 2 N–H and O–H groups in total. The van der Waals surface area contributed by atoms with Crippen molar-refractivity contribution in [2.45, 2.75) is 69.1 Å². The average molecular weight is 304 g/mol. The molecule has 0 spiro atoms. The number of hydrogen-bond donors (Lipinski definition) is 1. The predicted molar refractivity (Wildman–Crippen MR) is 81.5 cm³/mol. The van der Waals surface area contributed by atoms with Crippen molar-refractivity contribution >= 4 is 27.2 Å². The normalized spacial score (nSPS) is 23.0. The van der Waals surface area contributed by atoms with E-state index in [4.69, 9.17) is 18.0 Å². The van der Waals surface area contributed by atoms with Gasteiger partial charge in [-0.05, 0) is 25.7 Å². The molecule has 2 rings (SSSR count). The van der Waals surface area contributed by atoms with Gasteiger partial charge in [-0.2, -0.15) is 4.31 Å². The molecular weight excluding hydrogens is 280 g/mol. The van der Waals surface area contributed by atoms with Gasteiger partial charge in [0.1, 0.15) is 0 Å². The van der Waals surface area contributed by atoms with Gasteiger partial charge in [-0.15, -0.1) is 0 Å². The third kappa shape index (κ3) is 3.67. The molecule has 110 valence electrons. The molecular formula is C13H24N2O2S2. The third-order valence-electron chi connectivity index (χ3n) is 4.34. The van der Waals surface area contributed by atoms with E-state index in [2.05, 4.69) is 0 Å². The molecule has 0 unspecified atom stereocenters. The largest absolute Gasteiger partial charge is 0.392 e. The van der Waals surface area contributed by atoms with Crippen molar-refractivity contribution in [3.8, 4) is 0 Å². The lowest BCUT2D eigenvalue weighted by Crippen LogP contribution is -2.48. The number of thiocarbonyl (C=S) groups is 1. The van der Waals surface area contributed by atoms with Crippen molar-refractivity contribution < 1.29 is 8.42 Å². The minimum Gasteiger partial charge on any atom is -0.392 e. The van der Waals surface area contributed by atoms with Crippen LogP contribution in [0.3, 0.4) is 0 Å². The Bertz CT molecular complexity index is 410. The molecule has 19 heavy (non-hydrogen) atoms. The van der Waals surface area contributed by atoms with E-state index in [0.717, 1.165) is 57.8 Å². The highest BCUT2D eigenvalue weighted by Gasteiger charge is 2.38. The van der Waals surface area contributed by atoms with E-state index in [1.165, 1.54) is 0 Å². The van der Waals surface area contributed by atoms with Crippen LogP contribution in [0.1, 0.15) is 57.8 Å². The van der Waals surface area contributed by atoms with Crippen molar-refractivity contribution in [1.29, 1.82) is 0 Å². The van der Waals surface area contributed by atoms with E-state index < -0.39 is 10.0 Å². The second kappa shape index (κ2) is 6.50. The summed E-state index contributed by atoms with van der Waals surface area (Å²) in [6.45, 7) is 0.221. The molecule has 0 bridgehead atoms. The molecule has 0 saturated heterocycles. The molecule has 0 aromatic carbocycles. The van der Waals surface area contributed by atoms with Gasteiger partial charge in [0, 0.05) is 6.04 Å². The number of nitrogens with zero attached hydrogens (tertiary/aromatic N) is 1. The Labute approximate surface area is 121 Å². The van der Waals surface area contributed by atoms with Crippen molar-refractivity contribution in [1.82, 2.24) is 4.31 Å². The van der Waals surface area contributed by atoms with Gasteiger partial charge < -0.3 is 5.73 Å². The van der Waals surface area contributed by atoms with E-state index in [9.17, 15) is 8.42 Å². The minimum absolute atomic E-state index is 0.119. The molecule has 2 aliphatic carbocycles. The summed E-state index contributed by atoms with van der Waals surface area (Å²) in [5.74, 6) is 0. The highest BCUT2D eigenvalue weighted by atomic mass is 32.2. The van der Waals surface area contributed by atoms with Crippen LogP contribution in [0.4, 0.5) is 0 Å². The summed E-state index contributed by atoms with van der Waals surface area (Å²) in [5, 5.41) is -0.212. The van der Waals surface area contributed by atoms with Crippen molar-refractivity contribution in [2.75, 3.05) is 6.54 Å². The Hall–Kier alpha value is -0.200. The van der Waals surface area contributed by atoms with E-state index in [1.54, 1.807) is 4.31 Å². The predicted octanol–water partition coefficient (Wildman–Crippen LogP) is 2.18. The molecule has 4 nitrogen and oxygen atoms in total. The summed E-state index contributed by atoms with van der Waals surface area (Å²) in [6.07, 6.45) is 8.92. The van der Waals surface area contributed by atoms with Gasteiger partial charge in [0.2, 0.25) is 10.0 Å². The van der Waals surface area contributed by atoms with Crippen molar-refractivity contribution in [3.63, 3.8) is 0 Å². The Morgan fingerprint density at radius 2 is 1.58 bits per heavy atom. The molecule has 0 aliphatic heterocycles. The Kier molecular flexibility index (Phi) is 5.20. The Morgan fingerprint density at radius 1 is 1.05 bits per heavy atom. The van der Waals surface area contributed by atoms with Gasteiger partial charge in [0.05, 0.1) is 16.8 Å². The SMILES string of the molecule is NC(=S)CN(C1CCCC1)S(=O)(=O)C1CCCCC1. The first-order chi connectivity index (χ1) is 9.01. The minimum atomic E-state index is -3.24. The van der Waals surface area contributed by atoms with E-state index >= 15 is 0 Å². The fourth-order valence-electron chi connectivity index (χ4n) is 3.33. The molecule has 0 heterocycles. The highest BCUT2D eigenvalue weighted by molar-refractivity contribution is 7.89. The number of rotatable bonds is 5. The van der Waals surface area contributed by atoms with Crippen molar-refractivity contribution in [2.24, 2.45) is 5.73 Å². The molecule has 6 heteroatoms. The van der Waals surface area contributed by atoms with Gasteiger partial charge in [0.15, 0.2) is 0 Å². The lowest BCUT2D eigenvalue weighted by Gasteiger charge is -2.33. The molecule has 2 aliphatic rings. The maximum absolute atomic E-state index is 12.8. The molecule has 0 aromatic heterocycles. The average Bonchev–Trinajstić information content (AvgIpc) is 2.90. The van der Waals surface area contributed by atoms with Crippen LogP contribution in [0.15, 0.2) is 0 Å². The highest BCUT2D eigenvalue weighted by Crippen LogP contribution is 2.31.